The Hall–Kier alpha value is -4.65. The highest BCUT2D eigenvalue weighted by molar-refractivity contribution is 8.17. The number of anilines is 1. The molecule has 6 rings (SSSR count). The van der Waals surface area contributed by atoms with Crippen LogP contribution in [0.4, 0.5) is 5.69 Å². The van der Waals surface area contributed by atoms with Crippen molar-refractivity contribution >= 4 is 47.0 Å². The average Bonchev–Trinajstić information content (AvgIpc) is 3.51. The predicted octanol–water partition coefficient (Wildman–Crippen LogP) is 7.42. The summed E-state index contributed by atoms with van der Waals surface area (Å²) in [6, 6.07) is 31.2. The van der Waals surface area contributed by atoms with Gasteiger partial charge in [0.2, 0.25) is 5.90 Å². The van der Waals surface area contributed by atoms with Crippen LogP contribution in [-0.2, 0) is 26.8 Å². The molecule has 1 unspecified atom stereocenters. The number of hydrogen-bond acceptors (Lipinski definition) is 8. The van der Waals surface area contributed by atoms with Gasteiger partial charge in [-0.05, 0) is 65.4 Å². The van der Waals surface area contributed by atoms with E-state index in [0.29, 0.717) is 22.8 Å². The number of hydrogen-bond donors (Lipinski definition) is 0. The Morgan fingerprint density at radius 2 is 1.58 bits per heavy atom. The highest BCUT2D eigenvalue weighted by Gasteiger charge is 2.40. The van der Waals surface area contributed by atoms with Crippen molar-refractivity contribution in [2.75, 3.05) is 26.2 Å². The number of esters is 1. The SMILES string of the molecule is COc1ccc(C2=NC(=Cc3ccc(OP(=S)(C=C4N(C)c5ccccc5C4(C)C)c4ccccc4)cc3)C(=O)O2)cc1OC. The zero-order chi connectivity index (χ0) is 31.8. The highest BCUT2D eigenvalue weighted by atomic mass is 32.4. The van der Waals surface area contributed by atoms with Gasteiger partial charge in [-0.25, -0.2) is 9.79 Å². The molecule has 0 saturated heterocycles. The third-order valence-electron chi connectivity index (χ3n) is 8.02. The zero-order valence-electron chi connectivity index (χ0n) is 25.7. The average molecular weight is 637 g/mol. The van der Waals surface area contributed by atoms with Gasteiger partial charge in [-0.15, -0.1) is 0 Å². The Balaban J connectivity index is 1.29. The molecule has 0 aliphatic carbocycles. The van der Waals surface area contributed by atoms with Crippen LogP contribution in [0.15, 0.2) is 119 Å². The van der Waals surface area contributed by atoms with Gasteiger partial charge < -0.3 is 23.6 Å². The number of methoxy groups -OCH3 is 2. The van der Waals surface area contributed by atoms with Crippen LogP contribution in [0.3, 0.4) is 0 Å². The summed E-state index contributed by atoms with van der Waals surface area (Å²) in [5.41, 5.74) is 4.86. The molecule has 0 bridgehead atoms. The highest BCUT2D eigenvalue weighted by Crippen LogP contribution is 2.55. The molecule has 0 fully saturated rings. The van der Waals surface area contributed by atoms with Crippen LogP contribution in [-0.4, -0.2) is 33.1 Å². The minimum Gasteiger partial charge on any atom is -0.493 e. The minimum atomic E-state index is -2.70. The van der Waals surface area contributed by atoms with Crippen LogP contribution in [0.25, 0.3) is 6.08 Å². The fourth-order valence-corrected chi connectivity index (χ4v) is 8.69. The molecule has 45 heavy (non-hydrogen) atoms. The molecule has 9 heteroatoms. The first-order valence-corrected chi connectivity index (χ1v) is 17.2. The van der Waals surface area contributed by atoms with E-state index in [1.54, 1.807) is 38.5 Å². The van der Waals surface area contributed by atoms with E-state index in [-0.39, 0.29) is 17.0 Å². The summed E-state index contributed by atoms with van der Waals surface area (Å²) >= 11 is 6.39. The molecular weight excluding hydrogens is 603 g/mol. The van der Waals surface area contributed by atoms with E-state index in [9.17, 15) is 4.79 Å². The lowest BCUT2D eigenvalue weighted by Crippen LogP contribution is -2.24. The fraction of sp³-hybridized carbons (Fsp3) is 0.167. The lowest BCUT2D eigenvalue weighted by molar-refractivity contribution is -0.129. The number of carbonyl (C=O) groups is 1. The lowest BCUT2D eigenvalue weighted by Gasteiger charge is -2.28. The minimum absolute atomic E-state index is 0.193. The molecule has 0 spiro atoms. The van der Waals surface area contributed by atoms with Crippen LogP contribution in [0.1, 0.15) is 30.5 Å². The van der Waals surface area contributed by atoms with Crippen molar-refractivity contribution in [3.63, 3.8) is 0 Å². The second-order valence-corrected chi connectivity index (χ2v) is 15.0. The third-order valence-corrected chi connectivity index (χ3v) is 11.3. The number of likely N-dealkylation sites (N-methyl/N-ethyl adjacent to an activating group) is 1. The first kappa shape index (κ1) is 30.4. The summed E-state index contributed by atoms with van der Waals surface area (Å²) in [5.74, 6) is 3.55. The van der Waals surface area contributed by atoms with Crippen molar-refractivity contribution in [2.45, 2.75) is 19.3 Å². The maximum atomic E-state index is 12.7. The number of benzene rings is 4. The van der Waals surface area contributed by atoms with Gasteiger partial charge in [0.05, 0.1) is 14.2 Å². The van der Waals surface area contributed by atoms with Crippen LogP contribution in [0, 0.1) is 0 Å². The van der Waals surface area contributed by atoms with Crippen molar-refractivity contribution in [3.05, 3.63) is 131 Å². The lowest BCUT2D eigenvalue weighted by atomic mass is 9.84. The molecule has 2 aliphatic heterocycles. The summed E-state index contributed by atoms with van der Waals surface area (Å²) in [7, 11) is 5.19. The van der Waals surface area contributed by atoms with E-state index < -0.39 is 12.2 Å². The van der Waals surface area contributed by atoms with E-state index in [2.05, 4.69) is 60.9 Å². The van der Waals surface area contributed by atoms with Gasteiger partial charge in [-0.1, -0.05) is 74.5 Å². The monoisotopic (exact) mass is 636 g/mol. The van der Waals surface area contributed by atoms with E-state index in [1.165, 1.54) is 11.3 Å². The van der Waals surface area contributed by atoms with Gasteiger partial charge in [0.15, 0.2) is 23.5 Å². The molecule has 0 amide bonds. The van der Waals surface area contributed by atoms with Crippen molar-refractivity contribution in [2.24, 2.45) is 4.99 Å². The van der Waals surface area contributed by atoms with E-state index in [4.69, 9.17) is 30.5 Å². The quantitative estimate of drug-likeness (QED) is 0.113. The Bertz CT molecular complexity index is 1920. The van der Waals surface area contributed by atoms with Crippen LogP contribution in [0.5, 0.6) is 17.2 Å². The fourth-order valence-electron chi connectivity index (χ4n) is 5.62. The van der Waals surface area contributed by atoms with Gasteiger partial charge in [0.1, 0.15) is 5.75 Å². The first-order valence-electron chi connectivity index (χ1n) is 14.4. The molecule has 4 aromatic carbocycles. The summed E-state index contributed by atoms with van der Waals surface area (Å²) in [5, 5.41) is 0.963. The van der Waals surface area contributed by atoms with Gasteiger partial charge in [-0.2, -0.15) is 0 Å². The standard InChI is InChI=1S/C36H33N2O5PS/c1-36(2)28-13-9-10-14-30(28)38(3)33(36)23-44(45,27-11-7-6-8-12-27)43-26-18-15-24(16-19-26)21-29-35(39)42-34(37-29)25-17-20-31(40-4)32(22-25)41-5/h6-23H,1-5H3. The van der Waals surface area contributed by atoms with Crippen LogP contribution >= 0.6 is 6.26 Å². The largest absolute Gasteiger partial charge is 0.493 e. The van der Waals surface area contributed by atoms with Gasteiger partial charge in [0.25, 0.3) is 0 Å². The molecular formula is C36H33N2O5PS. The molecule has 4 aromatic rings. The molecule has 0 N–H and O–H groups in total. The Morgan fingerprint density at radius 3 is 2.27 bits per heavy atom. The normalized spacial score (nSPS) is 18.3. The summed E-state index contributed by atoms with van der Waals surface area (Å²) in [6.07, 6.45) is -1.02. The molecule has 2 heterocycles. The number of ether oxygens (including phenoxy) is 3. The van der Waals surface area contributed by atoms with Crippen LogP contribution < -0.4 is 24.2 Å². The number of carbonyl (C=O) groups excluding carboxylic acids is 1. The summed E-state index contributed by atoms with van der Waals surface area (Å²) in [4.78, 5) is 19.3. The van der Waals surface area contributed by atoms with Crippen molar-refractivity contribution in [1.29, 1.82) is 0 Å². The zero-order valence-corrected chi connectivity index (χ0v) is 27.4. The van der Waals surface area contributed by atoms with E-state index >= 15 is 0 Å². The molecule has 1 atom stereocenters. The van der Waals surface area contributed by atoms with Crippen molar-refractivity contribution in [1.82, 2.24) is 0 Å². The molecule has 0 aromatic heterocycles. The molecule has 7 nitrogen and oxygen atoms in total. The number of nitrogens with zero attached hydrogens (tertiary/aromatic N) is 2. The maximum Gasteiger partial charge on any atom is 0.363 e. The van der Waals surface area contributed by atoms with Crippen molar-refractivity contribution in [3.8, 4) is 17.2 Å². The second-order valence-electron chi connectivity index (χ2n) is 11.2. The van der Waals surface area contributed by atoms with E-state index in [1.807, 2.05) is 54.6 Å². The first-order chi connectivity index (χ1) is 21.6. The van der Waals surface area contributed by atoms with Crippen molar-refractivity contribution < 1.29 is 23.5 Å². The summed E-state index contributed by atoms with van der Waals surface area (Å²) < 4.78 is 22.8. The maximum absolute atomic E-state index is 12.7. The van der Waals surface area contributed by atoms with Gasteiger partial charge >= 0.3 is 5.97 Å². The molecule has 0 radical (unpaired) electrons. The number of fused-ring (bicyclic) bond motifs is 1. The van der Waals surface area contributed by atoms with Crippen LogP contribution in [0.2, 0.25) is 0 Å². The third kappa shape index (κ3) is 5.79. The van der Waals surface area contributed by atoms with Gasteiger partial charge in [0, 0.05) is 40.5 Å². The number of rotatable bonds is 8. The number of para-hydroxylation sites is 1. The molecule has 0 saturated carbocycles. The Morgan fingerprint density at radius 1 is 0.889 bits per heavy atom. The Kier molecular flexibility index (Phi) is 8.12. The predicted molar refractivity (Wildman–Crippen MR) is 184 cm³/mol. The van der Waals surface area contributed by atoms with Gasteiger partial charge in [-0.3, -0.25) is 0 Å². The topological polar surface area (TPSA) is 69.6 Å². The summed E-state index contributed by atoms with van der Waals surface area (Å²) in [6.45, 7) is 4.45. The Labute approximate surface area is 268 Å². The number of cyclic esters (lactones) is 1. The number of allylic oxidation sites excluding steroid dienone is 1. The number of aliphatic imine (C=N–C) groups is 1. The second kappa shape index (κ2) is 12.0. The molecule has 2 aliphatic rings. The smallest absolute Gasteiger partial charge is 0.363 e. The molecule has 228 valence electrons. The van der Waals surface area contributed by atoms with E-state index in [0.717, 1.165) is 16.6 Å².